The van der Waals surface area contributed by atoms with Crippen molar-refractivity contribution in [2.24, 2.45) is 0 Å². The molecular formula is C21H23FN2O2. The van der Waals surface area contributed by atoms with Crippen molar-refractivity contribution in [2.75, 3.05) is 26.2 Å². The van der Waals surface area contributed by atoms with Crippen molar-refractivity contribution in [2.45, 2.75) is 19.8 Å². The zero-order chi connectivity index (χ0) is 18.5. The Kier molecular flexibility index (Phi) is 5.66. The lowest BCUT2D eigenvalue weighted by atomic mass is 10.0. The van der Waals surface area contributed by atoms with Crippen molar-refractivity contribution in [3.8, 4) is 0 Å². The van der Waals surface area contributed by atoms with Gasteiger partial charge in [-0.05, 0) is 36.6 Å². The molecule has 1 saturated heterocycles. The Morgan fingerprint density at radius 3 is 2.23 bits per heavy atom. The smallest absolute Gasteiger partial charge is 0.256 e. The SMILES string of the molecule is Cc1ccccc1CCC(=O)N1CCN(C(=O)c2ccccc2F)CC1. The Morgan fingerprint density at radius 2 is 1.54 bits per heavy atom. The van der Waals surface area contributed by atoms with Crippen LogP contribution in [0.15, 0.2) is 48.5 Å². The minimum atomic E-state index is -0.505. The first kappa shape index (κ1) is 18.1. The van der Waals surface area contributed by atoms with E-state index in [1.165, 1.54) is 23.3 Å². The molecule has 0 spiro atoms. The van der Waals surface area contributed by atoms with E-state index in [4.69, 9.17) is 0 Å². The average Bonchev–Trinajstić information content (AvgIpc) is 2.67. The monoisotopic (exact) mass is 354 g/mol. The molecule has 1 aliphatic rings. The number of carbonyl (C=O) groups excluding carboxylic acids is 2. The third kappa shape index (κ3) is 4.10. The second kappa shape index (κ2) is 8.13. The van der Waals surface area contributed by atoms with E-state index in [9.17, 15) is 14.0 Å². The second-order valence-electron chi connectivity index (χ2n) is 6.58. The van der Waals surface area contributed by atoms with Gasteiger partial charge in [0.2, 0.25) is 5.91 Å². The summed E-state index contributed by atoms with van der Waals surface area (Å²) in [4.78, 5) is 28.3. The third-order valence-corrected chi connectivity index (χ3v) is 4.89. The molecule has 0 bridgehead atoms. The van der Waals surface area contributed by atoms with E-state index in [-0.39, 0.29) is 17.4 Å². The van der Waals surface area contributed by atoms with Crippen LogP contribution in [-0.2, 0) is 11.2 Å². The molecule has 2 aromatic rings. The molecule has 0 N–H and O–H groups in total. The summed E-state index contributed by atoms with van der Waals surface area (Å²) in [6.45, 7) is 3.90. The van der Waals surface area contributed by atoms with Gasteiger partial charge in [0.25, 0.3) is 5.91 Å². The molecule has 2 amide bonds. The summed E-state index contributed by atoms with van der Waals surface area (Å²) in [6.07, 6.45) is 1.19. The van der Waals surface area contributed by atoms with Gasteiger partial charge in [0.05, 0.1) is 5.56 Å². The lowest BCUT2D eigenvalue weighted by Crippen LogP contribution is -2.50. The summed E-state index contributed by atoms with van der Waals surface area (Å²) < 4.78 is 13.8. The van der Waals surface area contributed by atoms with Gasteiger partial charge in [-0.25, -0.2) is 4.39 Å². The maximum atomic E-state index is 13.8. The highest BCUT2D eigenvalue weighted by Crippen LogP contribution is 2.14. The highest BCUT2D eigenvalue weighted by atomic mass is 19.1. The van der Waals surface area contributed by atoms with Gasteiger partial charge < -0.3 is 9.80 Å². The fourth-order valence-electron chi connectivity index (χ4n) is 3.25. The summed E-state index contributed by atoms with van der Waals surface area (Å²) in [5.41, 5.74) is 2.47. The van der Waals surface area contributed by atoms with Crippen LogP contribution in [0.25, 0.3) is 0 Å². The molecule has 0 saturated carbocycles. The van der Waals surface area contributed by atoms with E-state index in [2.05, 4.69) is 0 Å². The first-order valence-corrected chi connectivity index (χ1v) is 8.92. The first-order chi connectivity index (χ1) is 12.6. The molecule has 0 aliphatic carbocycles. The molecule has 4 nitrogen and oxygen atoms in total. The Balaban J connectivity index is 1.52. The van der Waals surface area contributed by atoms with Crippen molar-refractivity contribution in [3.05, 3.63) is 71.0 Å². The molecule has 0 aromatic heterocycles. The molecule has 0 atom stereocenters. The number of aryl methyl sites for hydroxylation is 2. The standard InChI is InChI=1S/C21H23FN2O2/c1-16-6-2-3-7-17(16)10-11-20(25)23-12-14-24(15-13-23)21(26)18-8-4-5-9-19(18)22/h2-9H,10-15H2,1H3. The number of halogens is 1. The van der Waals surface area contributed by atoms with Crippen LogP contribution >= 0.6 is 0 Å². The van der Waals surface area contributed by atoms with Crippen LogP contribution in [0.2, 0.25) is 0 Å². The number of benzene rings is 2. The minimum Gasteiger partial charge on any atom is -0.339 e. The number of piperazine rings is 1. The summed E-state index contributed by atoms with van der Waals surface area (Å²) >= 11 is 0. The molecule has 136 valence electrons. The second-order valence-corrected chi connectivity index (χ2v) is 6.58. The lowest BCUT2D eigenvalue weighted by molar-refractivity contribution is -0.132. The van der Waals surface area contributed by atoms with Crippen LogP contribution in [0.4, 0.5) is 4.39 Å². The van der Waals surface area contributed by atoms with Crippen molar-refractivity contribution >= 4 is 11.8 Å². The van der Waals surface area contributed by atoms with Crippen LogP contribution in [0.1, 0.15) is 27.9 Å². The van der Waals surface area contributed by atoms with Crippen molar-refractivity contribution < 1.29 is 14.0 Å². The Labute approximate surface area is 153 Å². The average molecular weight is 354 g/mol. The minimum absolute atomic E-state index is 0.0897. The van der Waals surface area contributed by atoms with Crippen LogP contribution in [0, 0.1) is 12.7 Å². The predicted molar refractivity (Wildman–Crippen MR) is 98.4 cm³/mol. The van der Waals surface area contributed by atoms with E-state index in [0.717, 1.165) is 6.42 Å². The molecule has 3 rings (SSSR count). The molecule has 2 aromatic carbocycles. The fourth-order valence-corrected chi connectivity index (χ4v) is 3.25. The van der Waals surface area contributed by atoms with Gasteiger partial charge in [-0.1, -0.05) is 36.4 Å². The molecule has 1 fully saturated rings. The number of hydrogen-bond donors (Lipinski definition) is 0. The van der Waals surface area contributed by atoms with Crippen LogP contribution in [0.5, 0.6) is 0 Å². The zero-order valence-electron chi connectivity index (χ0n) is 15.0. The predicted octanol–water partition coefficient (Wildman–Crippen LogP) is 3.05. The highest BCUT2D eigenvalue weighted by molar-refractivity contribution is 5.94. The van der Waals surface area contributed by atoms with Crippen molar-refractivity contribution in [1.82, 2.24) is 9.80 Å². The molecule has 1 aliphatic heterocycles. The number of rotatable bonds is 4. The van der Waals surface area contributed by atoms with Crippen LogP contribution < -0.4 is 0 Å². The summed E-state index contributed by atoms with van der Waals surface area (Å²) in [5.74, 6) is -0.712. The zero-order valence-corrected chi connectivity index (χ0v) is 15.0. The number of carbonyl (C=O) groups is 2. The molecule has 0 unspecified atom stereocenters. The van der Waals surface area contributed by atoms with Gasteiger partial charge in [-0.15, -0.1) is 0 Å². The summed E-state index contributed by atoms with van der Waals surface area (Å²) in [5, 5.41) is 0. The lowest BCUT2D eigenvalue weighted by Gasteiger charge is -2.35. The first-order valence-electron chi connectivity index (χ1n) is 8.92. The van der Waals surface area contributed by atoms with Gasteiger partial charge in [-0.3, -0.25) is 9.59 Å². The van der Waals surface area contributed by atoms with Gasteiger partial charge in [0.1, 0.15) is 5.82 Å². The van der Waals surface area contributed by atoms with Crippen LogP contribution in [0.3, 0.4) is 0 Å². The Hall–Kier alpha value is -2.69. The molecule has 26 heavy (non-hydrogen) atoms. The highest BCUT2D eigenvalue weighted by Gasteiger charge is 2.25. The normalized spacial score (nSPS) is 14.4. The Morgan fingerprint density at radius 1 is 0.923 bits per heavy atom. The fraction of sp³-hybridized carbons (Fsp3) is 0.333. The van der Waals surface area contributed by atoms with Crippen molar-refractivity contribution in [1.29, 1.82) is 0 Å². The van der Waals surface area contributed by atoms with E-state index in [1.807, 2.05) is 31.2 Å². The molecule has 0 radical (unpaired) electrons. The maximum Gasteiger partial charge on any atom is 0.256 e. The van der Waals surface area contributed by atoms with Gasteiger partial charge in [0, 0.05) is 32.6 Å². The summed E-state index contributed by atoms with van der Waals surface area (Å²) in [6, 6.07) is 14.1. The van der Waals surface area contributed by atoms with Crippen molar-refractivity contribution in [3.63, 3.8) is 0 Å². The largest absolute Gasteiger partial charge is 0.339 e. The molecular weight excluding hydrogens is 331 g/mol. The third-order valence-electron chi connectivity index (χ3n) is 4.89. The quantitative estimate of drug-likeness (QED) is 0.847. The van der Waals surface area contributed by atoms with Gasteiger partial charge >= 0.3 is 0 Å². The number of hydrogen-bond acceptors (Lipinski definition) is 2. The van der Waals surface area contributed by atoms with Gasteiger partial charge in [-0.2, -0.15) is 0 Å². The number of amides is 2. The van der Waals surface area contributed by atoms with E-state index in [1.54, 1.807) is 21.9 Å². The Bertz CT molecular complexity index is 798. The van der Waals surface area contributed by atoms with Gasteiger partial charge in [0.15, 0.2) is 0 Å². The summed E-state index contributed by atoms with van der Waals surface area (Å²) in [7, 11) is 0. The number of nitrogens with zero attached hydrogens (tertiary/aromatic N) is 2. The van der Waals surface area contributed by atoms with Crippen LogP contribution in [-0.4, -0.2) is 47.8 Å². The molecule has 1 heterocycles. The van der Waals surface area contributed by atoms with E-state index in [0.29, 0.717) is 32.6 Å². The van der Waals surface area contributed by atoms with E-state index < -0.39 is 5.82 Å². The van der Waals surface area contributed by atoms with E-state index >= 15 is 0 Å². The molecule has 5 heteroatoms. The topological polar surface area (TPSA) is 40.6 Å². The maximum absolute atomic E-state index is 13.8.